The van der Waals surface area contributed by atoms with Crippen LogP contribution in [0.2, 0.25) is 0 Å². The summed E-state index contributed by atoms with van der Waals surface area (Å²) in [4.78, 5) is 10.9. The van der Waals surface area contributed by atoms with E-state index in [9.17, 15) is 0 Å². The minimum Gasteiger partial charge on any atom is -0.363 e. The van der Waals surface area contributed by atoms with Gasteiger partial charge in [-0.3, -0.25) is 0 Å². The van der Waals surface area contributed by atoms with E-state index in [-0.39, 0.29) is 0 Å². The van der Waals surface area contributed by atoms with Gasteiger partial charge in [0, 0.05) is 32.9 Å². The SMILES string of the molecule is Cc1ccccc1CNCC1CCC(Nc2nccc(N(C)C)n2)CC1. The number of anilines is 2. The molecular weight excluding hydrogens is 322 g/mol. The minimum absolute atomic E-state index is 0.486. The second kappa shape index (κ2) is 8.99. The largest absolute Gasteiger partial charge is 0.363 e. The van der Waals surface area contributed by atoms with E-state index in [1.807, 2.05) is 31.3 Å². The molecule has 1 fully saturated rings. The van der Waals surface area contributed by atoms with Gasteiger partial charge in [0.25, 0.3) is 0 Å². The average molecular weight is 354 g/mol. The molecule has 1 heterocycles. The molecule has 5 heteroatoms. The second-order valence-electron chi connectivity index (χ2n) is 7.55. The van der Waals surface area contributed by atoms with Gasteiger partial charge in [0.1, 0.15) is 5.82 Å². The summed E-state index contributed by atoms with van der Waals surface area (Å²) in [5, 5.41) is 7.16. The number of hydrogen-bond donors (Lipinski definition) is 2. The zero-order chi connectivity index (χ0) is 18.4. The molecule has 140 valence electrons. The summed E-state index contributed by atoms with van der Waals surface area (Å²) in [5.74, 6) is 2.46. The summed E-state index contributed by atoms with van der Waals surface area (Å²) in [6.07, 6.45) is 6.71. The lowest BCUT2D eigenvalue weighted by atomic mass is 9.86. The zero-order valence-electron chi connectivity index (χ0n) is 16.2. The van der Waals surface area contributed by atoms with Gasteiger partial charge in [0.05, 0.1) is 0 Å². The Bertz CT molecular complexity index is 692. The van der Waals surface area contributed by atoms with E-state index in [4.69, 9.17) is 0 Å². The Labute approximate surface area is 157 Å². The predicted molar refractivity (Wildman–Crippen MR) is 109 cm³/mol. The number of benzene rings is 1. The summed E-state index contributed by atoms with van der Waals surface area (Å²) < 4.78 is 0. The molecule has 2 N–H and O–H groups in total. The predicted octanol–water partition coefficient (Wildman–Crippen LogP) is 3.61. The van der Waals surface area contributed by atoms with E-state index in [1.54, 1.807) is 0 Å². The molecule has 0 saturated heterocycles. The van der Waals surface area contributed by atoms with Gasteiger partial charge in [-0.25, -0.2) is 4.98 Å². The van der Waals surface area contributed by atoms with Crippen molar-refractivity contribution in [3.63, 3.8) is 0 Å². The van der Waals surface area contributed by atoms with Crippen LogP contribution in [0.15, 0.2) is 36.5 Å². The molecule has 1 aliphatic rings. The van der Waals surface area contributed by atoms with Gasteiger partial charge in [-0.05, 0) is 62.3 Å². The van der Waals surface area contributed by atoms with E-state index < -0.39 is 0 Å². The van der Waals surface area contributed by atoms with Crippen molar-refractivity contribution in [2.45, 2.75) is 45.2 Å². The van der Waals surface area contributed by atoms with Gasteiger partial charge >= 0.3 is 0 Å². The lowest BCUT2D eigenvalue weighted by Gasteiger charge is -2.29. The Morgan fingerprint density at radius 2 is 1.85 bits per heavy atom. The highest BCUT2D eigenvalue weighted by Gasteiger charge is 2.21. The maximum atomic E-state index is 4.57. The Hall–Kier alpha value is -2.14. The highest BCUT2D eigenvalue weighted by Crippen LogP contribution is 2.26. The van der Waals surface area contributed by atoms with Gasteiger partial charge in [-0.15, -0.1) is 0 Å². The van der Waals surface area contributed by atoms with Crippen LogP contribution in [-0.2, 0) is 6.54 Å². The number of nitrogens with zero attached hydrogens (tertiary/aromatic N) is 3. The van der Waals surface area contributed by atoms with Crippen molar-refractivity contribution >= 4 is 11.8 Å². The molecule has 2 aromatic rings. The third-order valence-corrected chi connectivity index (χ3v) is 5.29. The van der Waals surface area contributed by atoms with Crippen LogP contribution in [0.5, 0.6) is 0 Å². The van der Waals surface area contributed by atoms with E-state index in [2.05, 4.69) is 51.8 Å². The van der Waals surface area contributed by atoms with E-state index in [0.717, 1.165) is 30.8 Å². The molecule has 1 saturated carbocycles. The lowest BCUT2D eigenvalue weighted by molar-refractivity contribution is 0.323. The molecule has 1 aliphatic carbocycles. The molecule has 0 bridgehead atoms. The number of aromatic nitrogens is 2. The third-order valence-electron chi connectivity index (χ3n) is 5.29. The molecule has 26 heavy (non-hydrogen) atoms. The first-order valence-corrected chi connectivity index (χ1v) is 9.64. The van der Waals surface area contributed by atoms with E-state index in [1.165, 1.54) is 36.8 Å². The monoisotopic (exact) mass is 353 g/mol. The molecule has 0 amide bonds. The fourth-order valence-electron chi connectivity index (χ4n) is 3.58. The summed E-state index contributed by atoms with van der Waals surface area (Å²) in [6, 6.07) is 11.0. The van der Waals surface area contributed by atoms with Crippen molar-refractivity contribution in [2.75, 3.05) is 30.9 Å². The van der Waals surface area contributed by atoms with Gasteiger partial charge in [0.15, 0.2) is 0 Å². The molecule has 0 unspecified atom stereocenters. The lowest BCUT2D eigenvalue weighted by Crippen LogP contribution is -2.31. The van der Waals surface area contributed by atoms with Crippen LogP contribution < -0.4 is 15.5 Å². The van der Waals surface area contributed by atoms with Crippen LogP contribution in [-0.4, -0.2) is 36.6 Å². The van der Waals surface area contributed by atoms with Crippen LogP contribution in [0.1, 0.15) is 36.8 Å². The van der Waals surface area contributed by atoms with Crippen LogP contribution >= 0.6 is 0 Å². The summed E-state index contributed by atoms with van der Waals surface area (Å²) in [5.41, 5.74) is 2.77. The van der Waals surface area contributed by atoms with Gasteiger partial charge < -0.3 is 15.5 Å². The molecule has 0 spiro atoms. The van der Waals surface area contributed by atoms with Gasteiger partial charge in [0.2, 0.25) is 5.95 Å². The molecule has 0 aliphatic heterocycles. The van der Waals surface area contributed by atoms with Crippen LogP contribution in [0, 0.1) is 12.8 Å². The summed E-state index contributed by atoms with van der Waals surface area (Å²) >= 11 is 0. The van der Waals surface area contributed by atoms with E-state index in [0.29, 0.717) is 6.04 Å². The maximum absolute atomic E-state index is 4.57. The number of hydrogen-bond acceptors (Lipinski definition) is 5. The fraction of sp³-hybridized carbons (Fsp3) is 0.524. The second-order valence-corrected chi connectivity index (χ2v) is 7.55. The van der Waals surface area contributed by atoms with Gasteiger partial charge in [-0.2, -0.15) is 4.98 Å². The van der Waals surface area contributed by atoms with E-state index >= 15 is 0 Å². The Kier molecular flexibility index (Phi) is 6.45. The van der Waals surface area contributed by atoms with Crippen molar-refractivity contribution in [1.82, 2.24) is 15.3 Å². The molecule has 3 rings (SSSR count). The van der Waals surface area contributed by atoms with Gasteiger partial charge in [-0.1, -0.05) is 24.3 Å². The Morgan fingerprint density at radius 1 is 1.08 bits per heavy atom. The first kappa shape index (κ1) is 18.6. The molecule has 0 radical (unpaired) electrons. The fourth-order valence-corrected chi connectivity index (χ4v) is 3.58. The smallest absolute Gasteiger partial charge is 0.224 e. The first-order chi connectivity index (χ1) is 12.6. The topological polar surface area (TPSA) is 53.1 Å². The zero-order valence-corrected chi connectivity index (χ0v) is 16.2. The molecule has 5 nitrogen and oxygen atoms in total. The minimum atomic E-state index is 0.486. The molecule has 1 aromatic heterocycles. The van der Waals surface area contributed by atoms with Crippen molar-refractivity contribution in [1.29, 1.82) is 0 Å². The number of aryl methyl sites for hydroxylation is 1. The van der Waals surface area contributed by atoms with Crippen molar-refractivity contribution < 1.29 is 0 Å². The molecule has 0 atom stereocenters. The number of rotatable bonds is 7. The van der Waals surface area contributed by atoms with Crippen LogP contribution in [0.3, 0.4) is 0 Å². The highest BCUT2D eigenvalue weighted by atomic mass is 15.2. The van der Waals surface area contributed by atoms with Crippen LogP contribution in [0.25, 0.3) is 0 Å². The maximum Gasteiger partial charge on any atom is 0.224 e. The third kappa shape index (κ3) is 5.18. The highest BCUT2D eigenvalue weighted by molar-refractivity contribution is 5.41. The molecular formula is C21H31N5. The summed E-state index contributed by atoms with van der Waals surface area (Å²) in [7, 11) is 4.00. The standard InChI is InChI=1S/C21H31N5/c1-16-6-4-5-7-18(16)15-22-14-17-8-10-19(11-9-17)24-21-23-13-12-20(25-21)26(2)3/h4-7,12-13,17,19,22H,8-11,14-15H2,1-3H3,(H,23,24,25). The van der Waals surface area contributed by atoms with Crippen molar-refractivity contribution in [2.24, 2.45) is 5.92 Å². The Balaban J connectivity index is 1.40. The first-order valence-electron chi connectivity index (χ1n) is 9.64. The molecule has 1 aromatic carbocycles. The quantitative estimate of drug-likeness (QED) is 0.796. The van der Waals surface area contributed by atoms with Crippen molar-refractivity contribution in [3.05, 3.63) is 47.7 Å². The van der Waals surface area contributed by atoms with Crippen LogP contribution in [0.4, 0.5) is 11.8 Å². The average Bonchev–Trinajstić information content (AvgIpc) is 2.65. The number of nitrogens with one attached hydrogen (secondary N) is 2. The Morgan fingerprint density at radius 3 is 2.58 bits per heavy atom. The normalized spacial score (nSPS) is 20.0. The summed E-state index contributed by atoms with van der Waals surface area (Å²) in [6.45, 7) is 4.25. The van der Waals surface area contributed by atoms with Crippen molar-refractivity contribution in [3.8, 4) is 0 Å².